The predicted octanol–water partition coefficient (Wildman–Crippen LogP) is 6.67. The van der Waals surface area contributed by atoms with Crippen LogP contribution in [0, 0.1) is 11.7 Å². The Morgan fingerprint density at radius 3 is 2.63 bits per heavy atom. The molecule has 0 saturated heterocycles. The van der Waals surface area contributed by atoms with Gasteiger partial charge in [-0.05, 0) is 43.0 Å². The van der Waals surface area contributed by atoms with Crippen molar-refractivity contribution in [2.75, 3.05) is 5.32 Å². The molecule has 0 unspecified atom stereocenters. The number of hydrogen-bond acceptors (Lipinski definition) is 6. The van der Waals surface area contributed by atoms with Crippen molar-refractivity contribution in [2.45, 2.75) is 38.5 Å². The summed E-state index contributed by atoms with van der Waals surface area (Å²) in [5.74, 6) is 0.623. The SMILES string of the molecule is O=C(CC1CCCCC1)Nc1cncc(-c2ccc3[nH]nc(-c4nc5c(-c6ccccc6F)cncc5[nH]4)c3n2)c1. The summed E-state index contributed by atoms with van der Waals surface area (Å²) in [5, 5.41) is 10.5. The number of pyridine rings is 3. The summed E-state index contributed by atoms with van der Waals surface area (Å²) in [5.41, 5.74) is 6.24. The van der Waals surface area contributed by atoms with E-state index in [4.69, 9.17) is 9.97 Å². The van der Waals surface area contributed by atoms with E-state index in [1.807, 2.05) is 18.2 Å². The van der Waals surface area contributed by atoms with Crippen LogP contribution in [0.4, 0.5) is 10.1 Å². The van der Waals surface area contributed by atoms with Crippen LogP contribution >= 0.6 is 0 Å². The van der Waals surface area contributed by atoms with Crippen LogP contribution in [0.25, 0.3) is 56.0 Å². The molecular weight excluding hydrogens is 519 g/mol. The first-order chi connectivity index (χ1) is 20.1. The second-order valence-electron chi connectivity index (χ2n) is 10.5. The van der Waals surface area contributed by atoms with E-state index in [0.29, 0.717) is 62.9 Å². The zero-order valence-corrected chi connectivity index (χ0v) is 22.2. The predicted molar refractivity (Wildman–Crippen MR) is 155 cm³/mol. The summed E-state index contributed by atoms with van der Waals surface area (Å²) in [6.45, 7) is 0. The Morgan fingerprint density at radius 1 is 0.902 bits per heavy atom. The Hall–Kier alpha value is -4.99. The highest BCUT2D eigenvalue weighted by atomic mass is 19.1. The van der Waals surface area contributed by atoms with E-state index in [2.05, 4.69) is 30.5 Å². The first kappa shape index (κ1) is 25.0. The van der Waals surface area contributed by atoms with Crippen LogP contribution in [-0.2, 0) is 4.79 Å². The van der Waals surface area contributed by atoms with E-state index in [1.54, 1.807) is 43.0 Å². The largest absolute Gasteiger partial charge is 0.335 e. The number of rotatable bonds is 6. The molecule has 1 aliphatic rings. The van der Waals surface area contributed by atoms with Gasteiger partial charge in [-0.3, -0.25) is 19.9 Å². The average molecular weight is 547 g/mol. The molecule has 3 N–H and O–H groups in total. The molecule has 204 valence electrons. The fraction of sp³-hybridized carbons (Fsp3) is 0.226. The molecule has 10 heteroatoms. The Balaban J connectivity index is 1.20. The number of aromatic amines is 2. The third-order valence-electron chi connectivity index (χ3n) is 7.71. The normalized spacial score (nSPS) is 14.1. The van der Waals surface area contributed by atoms with Crippen LogP contribution in [0.15, 0.2) is 67.3 Å². The zero-order valence-electron chi connectivity index (χ0n) is 22.2. The summed E-state index contributed by atoms with van der Waals surface area (Å²) >= 11 is 0. The lowest BCUT2D eigenvalue weighted by atomic mass is 9.87. The van der Waals surface area contributed by atoms with Gasteiger partial charge in [0, 0.05) is 35.5 Å². The van der Waals surface area contributed by atoms with Crippen molar-refractivity contribution < 1.29 is 9.18 Å². The molecule has 5 heterocycles. The molecule has 0 atom stereocenters. The van der Waals surface area contributed by atoms with Gasteiger partial charge in [0.1, 0.15) is 16.9 Å². The van der Waals surface area contributed by atoms with Gasteiger partial charge >= 0.3 is 0 Å². The Bertz CT molecular complexity index is 1890. The van der Waals surface area contributed by atoms with Crippen molar-refractivity contribution in [2.24, 2.45) is 5.92 Å². The molecule has 41 heavy (non-hydrogen) atoms. The lowest BCUT2D eigenvalue weighted by molar-refractivity contribution is -0.117. The molecule has 7 rings (SSSR count). The maximum atomic E-state index is 14.6. The summed E-state index contributed by atoms with van der Waals surface area (Å²) in [4.78, 5) is 34.2. The number of fused-ring (bicyclic) bond motifs is 2. The lowest BCUT2D eigenvalue weighted by Crippen LogP contribution is -2.18. The molecule has 1 fully saturated rings. The maximum absolute atomic E-state index is 14.6. The van der Waals surface area contributed by atoms with E-state index >= 15 is 0 Å². The number of carbonyl (C=O) groups is 1. The highest BCUT2D eigenvalue weighted by Crippen LogP contribution is 2.32. The minimum atomic E-state index is -0.344. The van der Waals surface area contributed by atoms with Gasteiger partial charge in [-0.2, -0.15) is 5.10 Å². The van der Waals surface area contributed by atoms with Gasteiger partial charge in [0.2, 0.25) is 5.91 Å². The van der Waals surface area contributed by atoms with Crippen molar-refractivity contribution in [3.05, 3.63) is 73.1 Å². The maximum Gasteiger partial charge on any atom is 0.224 e. The van der Waals surface area contributed by atoms with E-state index in [0.717, 1.165) is 23.9 Å². The van der Waals surface area contributed by atoms with Gasteiger partial charge in [-0.25, -0.2) is 14.4 Å². The number of imidazole rings is 1. The summed E-state index contributed by atoms with van der Waals surface area (Å²) in [6, 6.07) is 12.2. The van der Waals surface area contributed by atoms with Crippen molar-refractivity contribution in [3.8, 4) is 33.9 Å². The van der Waals surface area contributed by atoms with Crippen molar-refractivity contribution in [1.29, 1.82) is 0 Å². The van der Waals surface area contributed by atoms with Gasteiger partial charge in [0.25, 0.3) is 0 Å². The minimum absolute atomic E-state index is 0.0190. The van der Waals surface area contributed by atoms with E-state index in [1.165, 1.54) is 25.3 Å². The lowest BCUT2D eigenvalue weighted by Gasteiger charge is -2.20. The van der Waals surface area contributed by atoms with Crippen LogP contribution in [0.5, 0.6) is 0 Å². The fourth-order valence-corrected chi connectivity index (χ4v) is 5.66. The van der Waals surface area contributed by atoms with Crippen LogP contribution in [-0.4, -0.2) is 41.0 Å². The number of carbonyl (C=O) groups excluding carboxylic acids is 1. The summed E-state index contributed by atoms with van der Waals surface area (Å²) in [6.07, 6.45) is 13.1. The van der Waals surface area contributed by atoms with E-state index < -0.39 is 0 Å². The zero-order chi connectivity index (χ0) is 27.8. The molecular formula is C31H27FN8O. The Labute approximate surface area is 234 Å². The Morgan fingerprint density at radius 2 is 1.76 bits per heavy atom. The summed E-state index contributed by atoms with van der Waals surface area (Å²) < 4.78 is 14.6. The molecule has 0 aliphatic heterocycles. The van der Waals surface area contributed by atoms with Crippen molar-refractivity contribution in [3.63, 3.8) is 0 Å². The third-order valence-corrected chi connectivity index (χ3v) is 7.71. The molecule has 9 nitrogen and oxygen atoms in total. The number of nitrogens with zero attached hydrogens (tertiary/aromatic N) is 5. The molecule has 1 aromatic carbocycles. The number of aromatic nitrogens is 7. The third kappa shape index (κ3) is 4.93. The molecule has 0 bridgehead atoms. The van der Waals surface area contributed by atoms with Crippen LogP contribution in [0.1, 0.15) is 38.5 Å². The molecule has 0 radical (unpaired) electrons. The minimum Gasteiger partial charge on any atom is -0.335 e. The van der Waals surface area contributed by atoms with Gasteiger partial charge in [0.15, 0.2) is 11.5 Å². The second kappa shape index (κ2) is 10.5. The molecule has 6 aromatic rings. The number of anilines is 1. The Kier molecular flexibility index (Phi) is 6.42. The first-order valence-corrected chi connectivity index (χ1v) is 13.8. The molecule has 5 aromatic heterocycles. The number of benzene rings is 1. The number of H-pyrrole nitrogens is 2. The van der Waals surface area contributed by atoms with Gasteiger partial charge < -0.3 is 10.3 Å². The van der Waals surface area contributed by atoms with E-state index in [9.17, 15) is 9.18 Å². The average Bonchev–Trinajstić information content (AvgIpc) is 3.62. The van der Waals surface area contributed by atoms with E-state index in [-0.39, 0.29) is 11.7 Å². The number of nitrogens with one attached hydrogen (secondary N) is 3. The first-order valence-electron chi connectivity index (χ1n) is 13.8. The van der Waals surface area contributed by atoms with Crippen LogP contribution in [0.2, 0.25) is 0 Å². The van der Waals surface area contributed by atoms with Gasteiger partial charge in [-0.15, -0.1) is 0 Å². The number of halogens is 1. The smallest absolute Gasteiger partial charge is 0.224 e. The highest BCUT2D eigenvalue weighted by molar-refractivity contribution is 5.96. The highest BCUT2D eigenvalue weighted by Gasteiger charge is 2.19. The van der Waals surface area contributed by atoms with Gasteiger partial charge in [-0.1, -0.05) is 37.5 Å². The molecule has 1 saturated carbocycles. The standard InChI is InChI=1S/C31H27FN8O/c32-23-9-5-4-8-21(23)22-16-34-17-26-28(22)38-31(37-26)30-29-25(39-40-30)11-10-24(36-29)19-13-20(15-33-14-19)35-27(41)12-18-6-2-1-3-7-18/h4-5,8-11,13-18H,1-3,6-7,12H2,(H,35,41)(H,37,38)(H,39,40). The van der Waals surface area contributed by atoms with Gasteiger partial charge in [0.05, 0.1) is 34.8 Å². The topological polar surface area (TPSA) is 125 Å². The van der Waals surface area contributed by atoms with Crippen molar-refractivity contribution >= 4 is 33.7 Å². The number of hydrogen-bond donors (Lipinski definition) is 3. The molecule has 0 spiro atoms. The molecule has 1 amide bonds. The van der Waals surface area contributed by atoms with Crippen molar-refractivity contribution in [1.82, 2.24) is 35.1 Å². The van der Waals surface area contributed by atoms with Crippen LogP contribution in [0.3, 0.4) is 0 Å². The second-order valence-corrected chi connectivity index (χ2v) is 10.5. The van der Waals surface area contributed by atoms with Crippen LogP contribution < -0.4 is 5.32 Å². The number of amides is 1. The molecule has 1 aliphatic carbocycles. The monoisotopic (exact) mass is 546 g/mol. The summed E-state index contributed by atoms with van der Waals surface area (Å²) in [7, 11) is 0. The quantitative estimate of drug-likeness (QED) is 0.214. The fourth-order valence-electron chi connectivity index (χ4n) is 5.66.